The minimum atomic E-state index is -0.893. The Morgan fingerprint density at radius 3 is 1.76 bits per heavy atom. The van der Waals surface area contributed by atoms with Gasteiger partial charge in [0.15, 0.2) is 0 Å². The van der Waals surface area contributed by atoms with Crippen LogP contribution < -0.4 is 0 Å². The molecule has 3 nitrogen and oxygen atoms in total. The summed E-state index contributed by atoms with van der Waals surface area (Å²) in [6, 6.07) is 0. The van der Waals surface area contributed by atoms with Gasteiger partial charge in [-0.3, -0.25) is 0 Å². The Balaban J connectivity index is 4.32. The van der Waals surface area contributed by atoms with Crippen molar-refractivity contribution < 1.29 is 14.2 Å². The monoisotopic (exact) mass is 282 g/mol. The van der Waals surface area contributed by atoms with Crippen LogP contribution in [0.5, 0.6) is 0 Å². The fraction of sp³-hybridized carbons (Fsp3) is 1.00. The van der Waals surface area contributed by atoms with Crippen molar-refractivity contribution in [3.05, 3.63) is 0 Å². The molecule has 0 fully saturated rings. The highest BCUT2D eigenvalue weighted by Crippen LogP contribution is 2.25. The van der Waals surface area contributed by atoms with Gasteiger partial charge in [0.05, 0.1) is 0 Å². The molecule has 0 spiro atoms. The number of thiol groups is 2. The van der Waals surface area contributed by atoms with E-state index in [0.29, 0.717) is 31.5 Å². The lowest BCUT2D eigenvalue weighted by molar-refractivity contribution is -0.379. The third-order valence-electron chi connectivity index (χ3n) is 2.34. The Bertz CT molecular complexity index is 162. The zero-order chi connectivity index (χ0) is 13.1. The largest absolute Gasteiger partial charge is 0.328 e. The molecule has 0 bridgehead atoms. The topological polar surface area (TPSA) is 27.7 Å². The van der Waals surface area contributed by atoms with Gasteiger partial charge < -0.3 is 14.2 Å². The van der Waals surface area contributed by atoms with E-state index in [0.717, 1.165) is 18.6 Å². The lowest BCUT2D eigenvalue weighted by Gasteiger charge is -2.33. The van der Waals surface area contributed by atoms with Crippen molar-refractivity contribution in [3.8, 4) is 0 Å². The first kappa shape index (κ1) is 17.6. The van der Waals surface area contributed by atoms with Gasteiger partial charge in [-0.1, -0.05) is 0 Å². The maximum absolute atomic E-state index is 5.64. The molecular weight excluding hydrogens is 256 g/mol. The number of ether oxygens (including phenoxy) is 3. The van der Waals surface area contributed by atoms with E-state index in [1.165, 1.54) is 0 Å². The van der Waals surface area contributed by atoms with Crippen molar-refractivity contribution in [2.45, 2.75) is 51.3 Å². The van der Waals surface area contributed by atoms with Gasteiger partial charge >= 0.3 is 0 Å². The molecule has 0 radical (unpaired) electrons. The molecular formula is C12H26O3S2. The molecule has 0 aromatic heterocycles. The zero-order valence-electron chi connectivity index (χ0n) is 11.1. The molecule has 0 aliphatic rings. The van der Waals surface area contributed by atoms with Crippen LogP contribution in [0.2, 0.25) is 0 Å². The van der Waals surface area contributed by atoms with Crippen LogP contribution >= 0.6 is 25.3 Å². The molecule has 0 N–H and O–H groups in total. The van der Waals surface area contributed by atoms with Crippen molar-refractivity contribution in [2.75, 3.05) is 25.6 Å². The van der Waals surface area contributed by atoms with Gasteiger partial charge in [-0.05, 0) is 39.4 Å². The maximum atomic E-state index is 5.64. The molecule has 0 aromatic carbocycles. The molecule has 0 aromatic rings. The quantitative estimate of drug-likeness (QED) is 0.450. The van der Waals surface area contributed by atoms with Crippen LogP contribution in [0.25, 0.3) is 0 Å². The lowest BCUT2D eigenvalue weighted by atomic mass is 10.1. The molecule has 104 valence electrons. The van der Waals surface area contributed by atoms with Crippen LogP contribution in [0, 0.1) is 0 Å². The highest BCUT2D eigenvalue weighted by atomic mass is 32.1. The number of hydrogen-bond donors (Lipinski definition) is 2. The number of hydrogen-bond acceptors (Lipinski definition) is 5. The summed E-state index contributed by atoms with van der Waals surface area (Å²) in [4.78, 5) is 0. The van der Waals surface area contributed by atoms with Crippen LogP contribution in [-0.2, 0) is 14.2 Å². The standard InChI is InChI=1S/C12H26O3S2/c1-4-13-12(14-5-2,15-6-3)9-7-11(17)8-10-16/h11,16-17H,4-10H2,1-3H3. The second-order valence-corrected chi connectivity index (χ2v) is 4.86. The van der Waals surface area contributed by atoms with Crippen molar-refractivity contribution in [1.29, 1.82) is 0 Å². The van der Waals surface area contributed by atoms with E-state index in [-0.39, 0.29) is 0 Å². The van der Waals surface area contributed by atoms with Crippen molar-refractivity contribution >= 4 is 25.3 Å². The Morgan fingerprint density at radius 2 is 1.41 bits per heavy atom. The summed E-state index contributed by atoms with van der Waals surface area (Å²) < 4.78 is 16.9. The van der Waals surface area contributed by atoms with Crippen LogP contribution in [0.3, 0.4) is 0 Å². The van der Waals surface area contributed by atoms with E-state index < -0.39 is 5.97 Å². The van der Waals surface area contributed by atoms with Gasteiger partial charge in [0.2, 0.25) is 0 Å². The molecule has 17 heavy (non-hydrogen) atoms. The van der Waals surface area contributed by atoms with Crippen LogP contribution in [-0.4, -0.2) is 36.8 Å². The van der Waals surface area contributed by atoms with Gasteiger partial charge in [-0.15, -0.1) is 0 Å². The van der Waals surface area contributed by atoms with Crippen molar-refractivity contribution in [2.24, 2.45) is 0 Å². The van der Waals surface area contributed by atoms with Gasteiger partial charge in [-0.25, -0.2) is 0 Å². The van der Waals surface area contributed by atoms with Gasteiger partial charge in [0.1, 0.15) is 0 Å². The van der Waals surface area contributed by atoms with E-state index in [1.807, 2.05) is 20.8 Å². The SMILES string of the molecule is CCOC(CCC(S)CCS)(OCC)OCC. The minimum absolute atomic E-state index is 0.313. The first-order valence-electron chi connectivity index (χ1n) is 6.34. The summed E-state index contributed by atoms with van der Waals surface area (Å²) in [5, 5.41) is 0.313. The molecule has 1 atom stereocenters. The van der Waals surface area contributed by atoms with Gasteiger partial charge in [-0.2, -0.15) is 25.3 Å². The van der Waals surface area contributed by atoms with Crippen LogP contribution in [0.15, 0.2) is 0 Å². The molecule has 0 amide bonds. The second kappa shape index (κ2) is 10.5. The Labute approximate surface area is 116 Å². The smallest absolute Gasteiger partial charge is 0.282 e. The third-order valence-corrected chi connectivity index (χ3v) is 3.11. The predicted octanol–water partition coefficient (Wildman–Crippen LogP) is 3.15. The predicted molar refractivity (Wildman–Crippen MR) is 78.1 cm³/mol. The molecule has 0 saturated heterocycles. The molecule has 0 aliphatic heterocycles. The summed E-state index contributed by atoms with van der Waals surface area (Å²) in [6.07, 6.45) is 2.57. The minimum Gasteiger partial charge on any atom is -0.328 e. The second-order valence-electron chi connectivity index (χ2n) is 3.69. The Kier molecular flexibility index (Phi) is 10.9. The first-order valence-corrected chi connectivity index (χ1v) is 7.49. The van der Waals surface area contributed by atoms with E-state index in [9.17, 15) is 0 Å². The molecule has 5 heteroatoms. The summed E-state index contributed by atoms with van der Waals surface area (Å²) >= 11 is 8.72. The highest BCUT2D eigenvalue weighted by molar-refractivity contribution is 7.81. The Hall–Kier alpha value is 0.580. The van der Waals surface area contributed by atoms with Crippen LogP contribution in [0.4, 0.5) is 0 Å². The van der Waals surface area contributed by atoms with E-state index in [4.69, 9.17) is 14.2 Å². The summed E-state index contributed by atoms with van der Waals surface area (Å²) in [5.74, 6) is -0.0467. The van der Waals surface area contributed by atoms with Gasteiger partial charge in [0, 0.05) is 31.5 Å². The lowest BCUT2D eigenvalue weighted by Crippen LogP contribution is -2.40. The fourth-order valence-electron chi connectivity index (χ4n) is 1.64. The van der Waals surface area contributed by atoms with E-state index in [2.05, 4.69) is 25.3 Å². The molecule has 1 unspecified atom stereocenters. The summed E-state index contributed by atoms with van der Waals surface area (Å²) in [7, 11) is 0. The van der Waals surface area contributed by atoms with Gasteiger partial charge in [0.25, 0.3) is 5.97 Å². The van der Waals surface area contributed by atoms with Crippen molar-refractivity contribution in [3.63, 3.8) is 0 Å². The van der Waals surface area contributed by atoms with E-state index >= 15 is 0 Å². The van der Waals surface area contributed by atoms with Crippen LogP contribution in [0.1, 0.15) is 40.0 Å². The molecule has 0 heterocycles. The van der Waals surface area contributed by atoms with Crippen molar-refractivity contribution in [1.82, 2.24) is 0 Å². The third kappa shape index (κ3) is 7.57. The molecule has 0 saturated carbocycles. The van der Waals surface area contributed by atoms with E-state index in [1.54, 1.807) is 0 Å². The first-order chi connectivity index (χ1) is 8.14. The summed E-state index contributed by atoms with van der Waals surface area (Å²) in [5.41, 5.74) is 0. The molecule has 0 rings (SSSR count). The normalized spacial score (nSPS) is 13.9. The fourth-order valence-corrected chi connectivity index (χ4v) is 2.41. The Morgan fingerprint density at radius 1 is 0.941 bits per heavy atom. The highest BCUT2D eigenvalue weighted by Gasteiger charge is 2.32. The number of rotatable bonds is 11. The maximum Gasteiger partial charge on any atom is 0.282 e. The average molecular weight is 282 g/mol. The zero-order valence-corrected chi connectivity index (χ0v) is 12.9. The molecule has 0 aliphatic carbocycles. The summed E-state index contributed by atoms with van der Waals surface area (Å²) in [6.45, 7) is 7.55. The average Bonchev–Trinajstić information content (AvgIpc) is 2.28.